The average molecular weight is 225 g/mol. The Kier molecular flexibility index (Phi) is 4.22. The maximum absolute atomic E-state index is 3.76. The van der Waals surface area contributed by atoms with Crippen LogP contribution in [0, 0.1) is 5.92 Å². The molecule has 3 saturated heterocycles. The quantitative estimate of drug-likeness (QED) is 0.753. The molecule has 3 aliphatic heterocycles. The minimum Gasteiger partial charge on any atom is -0.311 e. The van der Waals surface area contributed by atoms with Crippen LogP contribution in [0.1, 0.15) is 26.7 Å². The van der Waals surface area contributed by atoms with E-state index in [9.17, 15) is 0 Å². The summed E-state index contributed by atoms with van der Waals surface area (Å²) in [5, 5.41) is 3.76. The van der Waals surface area contributed by atoms with E-state index in [2.05, 4.69) is 36.0 Å². The Balaban J connectivity index is 1.67. The highest BCUT2D eigenvalue weighted by molar-refractivity contribution is 4.90. The van der Waals surface area contributed by atoms with Gasteiger partial charge >= 0.3 is 0 Å². The molecule has 3 heteroatoms. The van der Waals surface area contributed by atoms with E-state index >= 15 is 0 Å². The van der Waals surface area contributed by atoms with Gasteiger partial charge in [0, 0.05) is 31.7 Å². The van der Waals surface area contributed by atoms with Crippen LogP contribution in [-0.4, -0.2) is 61.7 Å². The van der Waals surface area contributed by atoms with Crippen molar-refractivity contribution in [2.24, 2.45) is 5.92 Å². The van der Waals surface area contributed by atoms with Gasteiger partial charge in [0.1, 0.15) is 0 Å². The first-order chi connectivity index (χ1) is 7.66. The van der Waals surface area contributed by atoms with E-state index in [-0.39, 0.29) is 0 Å². The van der Waals surface area contributed by atoms with E-state index in [1.807, 2.05) is 0 Å². The third kappa shape index (κ3) is 2.96. The lowest BCUT2D eigenvalue weighted by Crippen LogP contribution is -2.56. The van der Waals surface area contributed by atoms with Crippen LogP contribution in [0.5, 0.6) is 0 Å². The van der Waals surface area contributed by atoms with Gasteiger partial charge < -0.3 is 15.1 Å². The number of rotatable bonds is 5. The summed E-state index contributed by atoms with van der Waals surface area (Å²) in [6, 6.07) is 1.43. The van der Waals surface area contributed by atoms with Gasteiger partial charge in [-0.1, -0.05) is 0 Å². The summed E-state index contributed by atoms with van der Waals surface area (Å²) < 4.78 is 0. The van der Waals surface area contributed by atoms with Crippen molar-refractivity contribution >= 4 is 0 Å². The average Bonchev–Trinajstić information content (AvgIpc) is 2.30. The molecule has 3 rings (SSSR count). The molecule has 2 bridgehead atoms. The van der Waals surface area contributed by atoms with Crippen LogP contribution in [-0.2, 0) is 0 Å². The van der Waals surface area contributed by atoms with Crippen molar-refractivity contribution in [2.75, 3.05) is 39.8 Å². The highest BCUT2D eigenvalue weighted by Crippen LogP contribution is 2.27. The zero-order chi connectivity index (χ0) is 11.5. The molecule has 0 radical (unpaired) electrons. The fourth-order valence-electron chi connectivity index (χ4n) is 2.88. The molecule has 3 nitrogen and oxygen atoms in total. The standard InChI is InChI=1S/C13H27N3/c1-11(2)15(3)9-6-14-13-10-16-7-4-12(13)5-8-16/h11-14H,4-10H2,1-3H3. The number of hydrogen-bond donors (Lipinski definition) is 1. The lowest BCUT2D eigenvalue weighted by atomic mass is 9.84. The molecule has 0 aromatic heterocycles. The number of nitrogens with one attached hydrogen (secondary N) is 1. The highest BCUT2D eigenvalue weighted by Gasteiger charge is 2.33. The van der Waals surface area contributed by atoms with Gasteiger partial charge in [-0.05, 0) is 52.7 Å². The van der Waals surface area contributed by atoms with Crippen molar-refractivity contribution in [1.29, 1.82) is 0 Å². The molecule has 0 aromatic carbocycles. The van der Waals surface area contributed by atoms with Crippen LogP contribution in [0.15, 0.2) is 0 Å². The SMILES string of the molecule is CC(C)N(C)CCNC1CN2CCC1CC2. The smallest absolute Gasteiger partial charge is 0.0224 e. The zero-order valence-electron chi connectivity index (χ0n) is 11.1. The molecule has 0 aromatic rings. The van der Waals surface area contributed by atoms with Gasteiger partial charge in [0.05, 0.1) is 0 Å². The lowest BCUT2D eigenvalue weighted by molar-refractivity contribution is 0.0713. The van der Waals surface area contributed by atoms with E-state index in [4.69, 9.17) is 0 Å². The molecule has 16 heavy (non-hydrogen) atoms. The predicted molar refractivity (Wildman–Crippen MR) is 68.7 cm³/mol. The summed E-state index contributed by atoms with van der Waals surface area (Å²) in [7, 11) is 2.21. The molecule has 1 unspecified atom stereocenters. The van der Waals surface area contributed by atoms with Gasteiger partial charge in [-0.25, -0.2) is 0 Å². The molecule has 3 fully saturated rings. The van der Waals surface area contributed by atoms with Gasteiger partial charge in [0.25, 0.3) is 0 Å². The first-order valence-electron chi connectivity index (χ1n) is 6.83. The van der Waals surface area contributed by atoms with Gasteiger partial charge in [0.2, 0.25) is 0 Å². The van der Waals surface area contributed by atoms with E-state index in [1.54, 1.807) is 0 Å². The Hall–Kier alpha value is -0.120. The second-order valence-electron chi connectivity index (χ2n) is 5.77. The van der Waals surface area contributed by atoms with Gasteiger partial charge in [0.15, 0.2) is 0 Å². The number of fused-ring (bicyclic) bond motifs is 3. The molecule has 0 spiro atoms. The third-order valence-electron chi connectivity index (χ3n) is 4.41. The van der Waals surface area contributed by atoms with Crippen molar-refractivity contribution in [1.82, 2.24) is 15.1 Å². The summed E-state index contributed by atoms with van der Waals surface area (Å²) in [6.45, 7) is 10.8. The molecule has 0 aliphatic carbocycles. The van der Waals surface area contributed by atoms with E-state index in [1.165, 1.54) is 39.0 Å². The van der Waals surface area contributed by atoms with Crippen LogP contribution >= 0.6 is 0 Å². The number of likely N-dealkylation sites (N-methyl/N-ethyl adjacent to an activating group) is 1. The fraction of sp³-hybridized carbons (Fsp3) is 1.00. The minimum absolute atomic E-state index is 0.661. The van der Waals surface area contributed by atoms with Gasteiger partial charge in [-0.15, -0.1) is 0 Å². The molecular weight excluding hydrogens is 198 g/mol. The largest absolute Gasteiger partial charge is 0.311 e. The van der Waals surface area contributed by atoms with Crippen LogP contribution in [0.2, 0.25) is 0 Å². The van der Waals surface area contributed by atoms with E-state index in [0.29, 0.717) is 6.04 Å². The maximum Gasteiger partial charge on any atom is 0.0224 e. The van der Waals surface area contributed by atoms with Gasteiger partial charge in [-0.2, -0.15) is 0 Å². The van der Waals surface area contributed by atoms with Crippen LogP contribution in [0.4, 0.5) is 0 Å². The third-order valence-corrected chi connectivity index (χ3v) is 4.41. The summed E-state index contributed by atoms with van der Waals surface area (Å²) in [5.74, 6) is 0.953. The van der Waals surface area contributed by atoms with Crippen molar-refractivity contribution in [3.8, 4) is 0 Å². The molecular formula is C13H27N3. The van der Waals surface area contributed by atoms with E-state index < -0.39 is 0 Å². The Labute approximate surface area is 100 Å². The molecule has 0 amide bonds. The number of piperidine rings is 3. The second kappa shape index (κ2) is 5.48. The zero-order valence-corrected chi connectivity index (χ0v) is 11.1. The Morgan fingerprint density at radius 1 is 1.31 bits per heavy atom. The van der Waals surface area contributed by atoms with Crippen molar-refractivity contribution in [2.45, 2.75) is 38.8 Å². The summed E-state index contributed by atoms with van der Waals surface area (Å²) in [6.07, 6.45) is 2.83. The highest BCUT2D eigenvalue weighted by atomic mass is 15.2. The first kappa shape index (κ1) is 12.3. The van der Waals surface area contributed by atoms with Crippen molar-refractivity contribution < 1.29 is 0 Å². The number of hydrogen-bond acceptors (Lipinski definition) is 3. The molecule has 1 N–H and O–H groups in total. The normalized spacial score (nSPS) is 33.9. The Morgan fingerprint density at radius 3 is 2.50 bits per heavy atom. The molecule has 3 aliphatic rings. The minimum atomic E-state index is 0.661. The number of nitrogens with zero attached hydrogens (tertiary/aromatic N) is 2. The second-order valence-corrected chi connectivity index (χ2v) is 5.77. The van der Waals surface area contributed by atoms with Crippen LogP contribution in [0.25, 0.3) is 0 Å². The Bertz CT molecular complexity index is 209. The Morgan fingerprint density at radius 2 is 2.00 bits per heavy atom. The van der Waals surface area contributed by atoms with Crippen LogP contribution in [0.3, 0.4) is 0 Å². The van der Waals surface area contributed by atoms with Crippen molar-refractivity contribution in [3.63, 3.8) is 0 Å². The molecule has 3 heterocycles. The summed E-state index contributed by atoms with van der Waals surface area (Å²) in [5.41, 5.74) is 0. The maximum atomic E-state index is 3.76. The first-order valence-corrected chi connectivity index (χ1v) is 6.83. The summed E-state index contributed by atoms with van der Waals surface area (Å²) >= 11 is 0. The lowest BCUT2D eigenvalue weighted by Gasteiger charge is -2.45. The molecule has 94 valence electrons. The predicted octanol–water partition coefficient (Wildman–Crippen LogP) is 1.01. The fourth-order valence-corrected chi connectivity index (χ4v) is 2.88. The van der Waals surface area contributed by atoms with Gasteiger partial charge in [-0.3, -0.25) is 0 Å². The van der Waals surface area contributed by atoms with Crippen LogP contribution < -0.4 is 5.32 Å². The topological polar surface area (TPSA) is 18.5 Å². The monoisotopic (exact) mass is 225 g/mol. The van der Waals surface area contributed by atoms with E-state index in [0.717, 1.165) is 18.5 Å². The molecule has 1 atom stereocenters. The molecule has 0 saturated carbocycles. The van der Waals surface area contributed by atoms with Crippen molar-refractivity contribution in [3.05, 3.63) is 0 Å². The summed E-state index contributed by atoms with van der Waals surface area (Å²) in [4.78, 5) is 5.03.